The van der Waals surface area contributed by atoms with Gasteiger partial charge in [0.2, 0.25) is 0 Å². The Labute approximate surface area is 236 Å². The Morgan fingerprint density at radius 3 is 1.27 bits per heavy atom. The van der Waals surface area contributed by atoms with Gasteiger partial charge in [-0.2, -0.15) is 4.89 Å². The fourth-order valence-corrected chi connectivity index (χ4v) is 5.38. The zero-order chi connectivity index (χ0) is 28.3. The third kappa shape index (κ3) is 4.03. The predicted octanol–water partition coefficient (Wildman–Crippen LogP) is 6.33. The summed E-state index contributed by atoms with van der Waals surface area (Å²) in [5, 5.41) is 15.7. The highest BCUT2D eigenvalue weighted by atomic mass is 17.2. The molecule has 0 spiro atoms. The van der Waals surface area contributed by atoms with Crippen LogP contribution in [-0.2, 0) is 35.3 Å². The summed E-state index contributed by atoms with van der Waals surface area (Å²) in [5.41, 5.74) is -3.22. The molecule has 5 aromatic carbocycles. The molecule has 41 heavy (non-hydrogen) atoms. The number of rotatable bonds is 5. The van der Waals surface area contributed by atoms with Crippen LogP contribution in [0.15, 0.2) is 152 Å². The van der Waals surface area contributed by atoms with E-state index in [1.807, 2.05) is 0 Å². The maximum Gasteiger partial charge on any atom is 0.416 e. The molecule has 1 heterocycles. The second kappa shape index (κ2) is 10.5. The van der Waals surface area contributed by atoms with Gasteiger partial charge in [-0.3, -0.25) is 9.73 Å². The van der Waals surface area contributed by atoms with Crippen LogP contribution in [0, 0.1) is 5.21 Å². The van der Waals surface area contributed by atoms with Crippen molar-refractivity contribution in [3.8, 4) is 0 Å². The topological polar surface area (TPSA) is 84.9 Å². The molecule has 1 saturated heterocycles. The highest BCUT2D eigenvalue weighted by molar-refractivity contribution is 5.93. The van der Waals surface area contributed by atoms with E-state index >= 15 is 5.21 Å². The van der Waals surface area contributed by atoms with Crippen molar-refractivity contribution in [3.63, 3.8) is 0 Å². The summed E-state index contributed by atoms with van der Waals surface area (Å²) in [5.74, 6) is -2.12. The maximum atomic E-state index is 15.7. The summed E-state index contributed by atoms with van der Waals surface area (Å²) in [7, 11) is 0. The number of quaternary nitrogens is 1. The standard InChI is InChI=1S/C34H25NO6/c36-31-33(26-16-6-1-7-17-26,27-18-8-2-9-19-27)35(38,30-24-14-5-15-25-30)39-32(37)34(41-40-31,28-20-10-3-11-21-28)29-22-12-4-13-23-29/h1-25H. The average Bonchev–Trinajstić information content (AvgIpc) is 3.04. The van der Waals surface area contributed by atoms with Crippen LogP contribution in [0.5, 0.6) is 0 Å². The lowest BCUT2D eigenvalue weighted by Gasteiger charge is -2.51. The first-order valence-corrected chi connectivity index (χ1v) is 13.1. The Hall–Kier alpha value is -5.08. The molecule has 0 bridgehead atoms. The van der Waals surface area contributed by atoms with Crippen LogP contribution in [0.2, 0.25) is 0 Å². The van der Waals surface area contributed by atoms with Crippen molar-refractivity contribution < 1.29 is 24.2 Å². The Bertz CT molecular complexity index is 1570. The van der Waals surface area contributed by atoms with Gasteiger partial charge in [-0.25, -0.2) is 9.59 Å². The molecule has 1 unspecified atom stereocenters. The molecule has 0 radical (unpaired) electrons. The lowest BCUT2D eigenvalue weighted by Crippen LogP contribution is -2.68. The van der Waals surface area contributed by atoms with E-state index in [0.29, 0.717) is 11.1 Å². The van der Waals surface area contributed by atoms with Gasteiger partial charge in [0.1, 0.15) is 0 Å². The molecular formula is C34H25NO6. The summed E-state index contributed by atoms with van der Waals surface area (Å²) in [6, 6.07) is 41.8. The molecule has 0 aliphatic carbocycles. The molecule has 1 atom stereocenters. The number of nitrogens with zero attached hydrogens (tertiary/aromatic N) is 1. The predicted molar refractivity (Wildman–Crippen MR) is 152 cm³/mol. The van der Waals surface area contributed by atoms with Gasteiger partial charge < -0.3 is 5.21 Å². The van der Waals surface area contributed by atoms with Crippen LogP contribution in [0.4, 0.5) is 5.69 Å². The van der Waals surface area contributed by atoms with E-state index in [-0.39, 0.29) is 16.8 Å². The van der Waals surface area contributed by atoms with Gasteiger partial charge in [0.25, 0.3) is 11.1 Å². The van der Waals surface area contributed by atoms with E-state index in [1.54, 1.807) is 140 Å². The van der Waals surface area contributed by atoms with Crippen LogP contribution in [0.1, 0.15) is 22.3 Å². The number of hydroxylamine groups is 2. The van der Waals surface area contributed by atoms with Crippen molar-refractivity contribution in [1.29, 1.82) is 0 Å². The molecule has 0 saturated carbocycles. The highest BCUT2D eigenvalue weighted by Crippen LogP contribution is 2.50. The van der Waals surface area contributed by atoms with E-state index in [4.69, 9.17) is 14.6 Å². The van der Waals surface area contributed by atoms with Gasteiger partial charge in [0, 0.05) is 34.4 Å². The lowest BCUT2D eigenvalue weighted by molar-refractivity contribution is -0.348. The maximum absolute atomic E-state index is 15.7. The number of hydrogen-bond donors (Lipinski definition) is 0. The number of hydrogen-bond acceptors (Lipinski definition) is 6. The average molecular weight is 544 g/mol. The smallest absolute Gasteiger partial charge is 0.416 e. The zero-order valence-corrected chi connectivity index (χ0v) is 21.8. The second-order valence-corrected chi connectivity index (χ2v) is 9.58. The fourth-order valence-electron chi connectivity index (χ4n) is 5.38. The number of benzene rings is 5. The van der Waals surface area contributed by atoms with Gasteiger partial charge in [-0.1, -0.05) is 140 Å². The van der Waals surface area contributed by atoms with Crippen LogP contribution >= 0.6 is 0 Å². The Balaban J connectivity index is 1.68. The van der Waals surface area contributed by atoms with E-state index in [2.05, 4.69) is 0 Å². The molecule has 1 aliphatic rings. The normalized spacial score (nSPS) is 19.7. The Kier molecular flexibility index (Phi) is 6.69. The first-order chi connectivity index (χ1) is 20.0. The fraction of sp³-hybridized carbons (Fsp3) is 0.0588. The molecule has 6 rings (SSSR count). The molecular weight excluding hydrogens is 518 g/mol. The van der Waals surface area contributed by atoms with Crippen molar-refractivity contribution in [2.75, 3.05) is 0 Å². The van der Waals surface area contributed by atoms with Crippen LogP contribution in [-0.4, -0.2) is 11.9 Å². The molecule has 5 aromatic rings. The van der Waals surface area contributed by atoms with Crippen LogP contribution in [0.25, 0.3) is 0 Å². The summed E-state index contributed by atoms with van der Waals surface area (Å²) >= 11 is 0. The molecule has 7 heteroatoms. The quantitative estimate of drug-likeness (QED) is 0.146. The molecule has 1 aliphatic heterocycles. The van der Waals surface area contributed by atoms with Crippen molar-refractivity contribution >= 4 is 17.6 Å². The van der Waals surface area contributed by atoms with E-state index in [0.717, 1.165) is 0 Å². The number of carbonyl (C=O) groups excluding carboxylic acids is 2. The third-order valence-corrected chi connectivity index (χ3v) is 7.32. The van der Waals surface area contributed by atoms with Crippen molar-refractivity contribution in [3.05, 3.63) is 179 Å². The van der Waals surface area contributed by atoms with Crippen LogP contribution in [0.3, 0.4) is 0 Å². The largest absolute Gasteiger partial charge is 0.582 e. The van der Waals surface area contributed by atoms with Gasteiger partial charge in [-0.15, -0.1) is 4.81 Å². The lowest BCUT2D eigenvalue weighted by atomic mass is 9.81. The Morgan fingerprint density at radius 1 is 0.488 bits per heavy atom. The third-order valence-electron chi connectivity index (χ3n) is 7.32. The van der Waals surface area contributed by atoms with Gasteiger partial charge in [0.15, 0.2) is 5.69 Å². The molecule has 0 N–H and O–H groups in total. The van der Waals surface area contributed by atoms with Crippen LogP contribution < -0.4 is 4.81 Å². The number of carbonyl (C=O) groups is 2. The van der Waals surface area contributed by atoms with Crippen molar-refractivity contribution in [1.82, 2.24) is 4.81 Å². The summed E-state index contributed by atoms with van der Waals surface area (Å²) in [4.78, 5) is 45.0. The summed E-state index contributed by atoms with van der Waals surface area (Å²) in [6.07, 6.45) is 0. The van der Waals surface area contributed by atoms with Gasteiger partial charge >= 0.3 is 11.9 Å². The van der Waals surface area contributed by atoms with Gasteiger partial charge in [-0.05, 0) is 0 Å². The molecule has 0 aromatic heterocycles. The molecule has 7 nitrogen and oxygen atoms in total. The van der Waals surface area contributed by atoms with E-state index < -0.39 is 27.9 Å². The zero-order valence-electron chi connectivity index (χ0n) is 21.8. The van der Waals surface area contributed by atoms with E-state index in [1.165, 1.54) is 12.1 Å². The summed E-state index contributed by atoms with van der Waals surface area (Å²) < 4.78 is 0. The summed E-state index contributed by atoms with van der Waals surface area (Å²) in [6.45, 7) is 0. The second-order valence-electron chi connectivity index (χ2n) is 9.58. The monoisotopic (exact) mass is 543 g/mol. The minimum atomic E-state index is -2.25. The van der Waals surface area contributed by atoms with Crippen molar-refractivity contribution in [2.45, 2.75) is 11.1 Å². The molecule has 202 valence electrons. The first-order valence-electron chi connectivity index (χ1n) is 13.1. The SMILES string of the molecule is O=C1O[N+]([O-])(c2ccccc2)C(c2ccccc2)(c2ccccc2)C(=O)OOC1(c1ccccc1)c1ccccc1. The minimum Gasteiger partial charge on any atom is -0.582 e. The van der Waals surface area contributed by atoms with Gasteiger partial charge in [0.05, 0.1) is 0 Å². The Morgan fingerprint density at radius 2 is 0.854 bits per heavy atom. The van der Waals surface area contributed by atoms with E-state index in [9.17, 15) is 9.59 Å². The van der Waals surface area contributed by atoms with Crippen molar-refractivity contribution in [2.24, 2.45) is 0 Å². The first kappa shape index (κ1) is 26.2. The minimum absolute atomic E-state index is 0.00225. The molecule has 1 fully saturated rings. The highest BCUT2D eigenvalue weighted by Gasteiger charge is 2.66. The number of para-hydroxylation sites is 1. The molecule has 0 amide bonds.